The number of carbonyl (C=O) groups excluding carboxylic acids is 1. The van der Waals surface area contributed by atoms with Crippen LogP contribution < -0.4 is 10.1 Å². The van der Waals surface area contributed by atoms with E-state index < -0.39 is 10.8 Å². The Bertz CT molecular complexity index is 1300. The minimum Gasteiger partial charge on any atom is -0.486 e. The van der Waals surface area contributed by atoms with Crippen LogP contribution in [0.2, 0.25) is 0 Å². The van der Waals surface area contributed by atoms with Crippen molar-refractivity contribution in [3.63, 3.8) is 0 Å². The number of nitrogens with one attached hydrogen (secondary N) is 1. The predicted octanol–water partition coefficient (Wildman–Crippen LogP) is 5.33. The average Bonchev–Trinajstić information content (AvgIpc) is 3.43. The molecule has 0 aliphatic heterocycles. The maximum atomic E-state index is 12.5. The summed E-state index contributed by atoms with van der Waals surface area (Å²) in [4.78, 5) is 23.0. The van der Waals surface area contributed by atoms with E-state index in [4.69, 9.17) is 9.15 Å². The van der Waals surface area contributed by atoms with Crippen LogP contribution in [0.1, 0.15) is 27.4 Å². The Balaban J connectivity index is 1.32. The van der Waals surface area contributed by atoms with E-state index >= 15 is 0 Å². The largest absolute Gasteiger partial charge is 0.486 e. The van der Waals surface area contributed by atoms with Crippen LogP contribution in [0, 0.1) is 17.0 Å². The number of nitro benzene ring substituents is 1. The molecule has 0 fully saturated rings. The molecule has 4 aromatic rings. The van der Waals surface area contributed by atoms with Gasteiger partial charge in [0.15, 0.2) is 5.76 Å². The molecule has 9 nitrogen and oxygen atoms in total. The van der Waals surface area contributed by atoms with Gasteiger partial charge in [-0.1, -0.05) is 28.1 Å². The van der Waals surface area contributed by atoms with Gasteiger partial charge in [-0.3, -0.25) is 19.6 Å². The number of amides is 1. The molecule has 0 radical (unpaired) electrons. The SMILES string of the molecule is Cc1cc(OCc2ccc(C(=O)Nc3cnn(Cc4ccc(Br)cc4)c3)o2)ccc1[N+](=O)[O-]. The third kappa shape index (κ3) is 5.66. The minimum atomic E-state index is -0.443. The Labute approximate surface area is 197 Å². The van der Waals surface area contributed by atoms with Gasteiger partial charge in [-0.2, -0.15) is 5.10 Å². The first kappa shape index (κ1) is 22.3. The number of furan rings is 1. The molecule has 0 aliphatic rings. The topological polar surface area (TPSA) is 112 Å². The summed E-state index contributed by atoms with van der Waals surface area (Å²) in [7, 11) is 0. The summed E-state index contributed by atoms with van der Waals surface area (Å²) in [5, 5.41) is 17.9. The lowest BCUT2D eigenvalue weighted by molar-refractivity contribution is -0.385. The van der Waals surface area contributed by atoms with Crippen LogP contribution in [0.15, 0.2) is 75.9 Å². The smallest absolute Gasteiger partial charge is 0.291 e. The first-order chi connectivity index (χ1) is 15.9. The number of hydrogen-bond donors (Lipinski definition) is 1. The average molecular weight is 511 g/mol. The third-order valence-electron chi connectivity index (χ3n) is 4.78. The number of nitrogens with zero attached hydrogens (tertiary/aromatic N) is 3. The van der Waals surface area contributed by atoms with Gasteiger partial charge in [-0.15, -0.1) is 0 Å². The van der Waals surface area contributed by atoms with Gasteiger partial charge in [0, 0.05) is 22.3 Å². The van der Waals surface area contributed by atoms with Gasteiger partial charge < -0.3 is 14.5 Å². The van der Waals surface area contributed by atoms with Crippen molar-refractivity contribution in [1.29, 1.82) is 0 Å². The molecule has 0 bridgehead atoms. The number of rotatable bonds is 8. The highest BCUT2D eigenvalue weighted by atomic mass is 79.9. The fourth-order valence-electron chi connectivity index (χ4n) is 3.14. The molecule has 0 saturated heterocycles. The lowest BCUT2D eigenvalue weighted by atomic mass is 10.2. The van der Waals surface area contributed by atoms with E-state index in [1.54, 1.807) is 42.2 Å². The molecule has 2 heterocycles. The molecule has 0 atom stereocenters. The summed E-state index contributed by atoms with van der Waals surface area (Å²) in [5.74, 6) is 0.644. The maximum absolute atomic E-state index is 12.5. The number of nitro groups is 1. The highest BCUT2D eigenvalue weighted by molar-refractivity contribution is 9.10. The lowest BCUT2D eigenvalue weighted by Crippen LogP contribution is -2.10. The number of aromatic nitrogens is 2. The van der Waals surface area contributed by atoms with Crippen molar-refractivity contribution in [3.8, 4) is 5.75 Å². The quantitative estimate of drug-likeness (QED) is 0.253. The normalized spacial score (nSPS) is 10.7. The Morgan fingerprint density at radius 2 is 2.00 bits per heavy atom. The van der Waals surface area contributed by atoms with Crippen LogP contribution in [-0.4, -0.2) is 20.6 Å². The Hall–Kier alpha value is -3.92. The number of aryl methyl sites for hydroxylation is 1. The Kier molecular flexibility index (Phi) is 6.55. The monoisotopic (exact) mass is 510 g/mol. The third-order valence-corrected chi connectivity index (χ3v) is 5.31. The van der Waals surface area contributed by atoms with E-state index in [1.165, 1.54) is 12.1 Å². The molecular weight excluding hydrogens is 492 g/mol. The summed E-state index contributed by atoms with van der Waals surface area (Å²) in [6, 6.07) is 15.6. The van der Waals surface area contributed by atoms with E-state index in [9.17, 15) is 14.9 Å². The van der Waals surface area contributed by atoms with Crippen molar-refractivity contribution in [2.24, 2.45) is 0 Å². The van der Waals surface area contributed by atoms with Gasteiger partial charge in [0.1, 0.15) is 18.1 Å². The molecule has 2 aromatic heterocycles. The van der Waals surface area contributed by atoms with Gasteiger partial charge in [-0.25, -0.2) is 0 Å². The summed E-state index contributed by atoms with van der Waals surface area (Å²) < 4.78 is 13.9. The molecule has 0 aliphatic carbocycles. The van der Waals surface area contributed by atoms with E-state index in [-0.39, 0.29) is 18.1 Å². The zero-order valence-electron chi connectivity index (χ0n) is 17.5. The number of carbonyl (C=O) groups is 1. The first-order valence-electron chi connectivity index (χ1n) is 9.92. The van der Waals surface area contributed by atoms with E-state index in [2.05, 4.69) is 26.3 Å². The van der Waals surface area contributed by atoms with Gasteiger partial charge in [0.25, 0.3) is 11.6 Å². The fraction of sp³-hybridized carbons (Fsp3) is 0.130. The van der Waals surface area contributed by atoms with Crippen LogP contribution in [0.25, 0.3) is 0 Å². The van der Waals surface area contributed by atoms with Gasteiger partial charge >= 0.3 is 0 Å². The van der Waals surface area contributed by atoms with Gasteiger partial charge in [0.05, 0.1) is 23.4 Å². The second-order valence-electron chi connectivity index (χ2n) is 7.27. The second kappa shape index (κ2) is 9.70. The van der Waals surface area contributed by atoms with Crippen LogP contribution in [-0.2, 0) is 13.2 Å². The summed E-state index contributed by atoms with van der Waals surface area (Å²) in [6.07, 6.45) is 3.31. The van der Waals surface area contributed by atoms with Crippen molar-refractivity contribution in [1.82, 2.24) is 9.78 Å². The molecule has 33 heavy (non-hydrogen) atoms. The Morgan fingerprint density at radius 1 is 1.21 bits per heavy atom. The number of hydrogen-bond acceptors (Lipinski definition) is 6. The molecule has 168 valence electrons. The summed E-state index contributed by atoms with van der Waals surface area (Å²) in [5.41, 5.74) is 2.16. The number of ether oxygens (including phenoxy) is 1. The highest BCUT2D eigenvalue weighted by Crippen LogP contribution is 2.24. The predicted molar refractivity (Wildman–Crippen MR) is 124 cm³/mol. The van der Waals surface area contributed by atoms with Crippen molar-refractivity contribution < 1.29 is 18.9 Å². The first-order valence-corrected chi connectivity index (χ1v) is 10.7. The Morgan fingerprint density at radius 3 is 2.73 bits per heavy atom. The molecule has 10 heteroatoms. The lowest BCUT2D eigenvalue weighted by Gasteiger charge is -2.05. The molecule has 0 spiro atoms. The molecule has 1 N–H and O–H groups in total. The van der Waals surface area contributed by atoms with E-state index in [0.717, 1.165) is 10.0 Å². The molecule has 0 unspecified atom stereocenters. The second-order valence-corrected chi connectivity index (χ2v) is 8.18. The molecule has 2 aromatic carbocycles. The van der Waals surface area contributed by atoms with Crippen molar-refractivity contribution in [2.75, 3.05) is 5.32 Å². The molecule has 1 amide bonds. The van der Waals surface area contributed by atoms with Crippen LogP contribution >= 0.6 is 15.9 Å². The van der Waals surface area contributed by atoms with Crippen molar-refractivity contribution in [2.45, 2.75) is 20.1 Å². The number of anilines is 1. The highest BCUT2D eigenvalue weighted by Gasteiger charge is 2.14. The standard InChI is InChI=1S/C23H19BrN4O5/c1-15-10-19(6-8-21(15)28(30)31)32-14-20-7-9-22(33-20)23(29)26-18-11-25-27(13-18)12-16-2-4-17(24)5-3-16/h2-11,13H,12,14H2,1H3,(H,26,29). The maximum Gasteiger partial charge on any atom is 0.291 e. The van der Waals surface area contributed by atoms with Crippen molar-refractivity contribution >= 4 is 33.2 Å². The fourth-order valence-corrected chi connectivity index (χ4v) is 3.40. The van der Waals surface area contributed by atoms with Gasteiger partial charge in [0.2, 0.25) is 0 Å². The number of benzene rings is 2. The molecule has 4 rings (SSSR count). The van der Waals surface area contributed by atoms with Crippen LogP contribution in [0.5, 0.6) is 5.75 Å². The zero-order chi connectivity index (χ0) is 23.4. The zero-order valence-corrected chi connectivity index (χ0v) is 19.1. The number of halogens is 1. The summed E-state index contributed by atoms with van der Waals surface area (Å²) in [6.45, 7) is 2.30. The molecule has 0 saturated carbocycles. The van der Waals surface area contributed by atoms with Crippen LogP contribution in [0.3, 0.4) is 0 Å². The minimum absolute atomic E-state index is 0.0273. The van der Waals surface area contributed by atoms with Gasteiger partial charge in [-0.05, 0) is 48.9 Å². The van der Waals surface area contributed by atoms with Crippen LogP contribution in [0.4, 0.5) is 11.4 Å². The van der Waals surface area contributed by atoms with E-state index in [1.807, 2.05) is 24.3 Å². The van der Waals surface area contributed by atoms with Crippen molar-refractivity contribution in [3.05, 3.63) is 104 Å². The molecular formula is C23H19BrN4O5. The van der Waals surface area contributed by atoms with E-state index in [0.29, 0.717) is 29.3 Å². The summed E-state index contributed by atoms with van der Waals surface area (Å²) >= 11 is 3.41.